The summed E-state index contributed by atoms with van der Waals surface area (Å²) >= 11 is 15.5. The summed E-state index contributed by atoms with van der Waals surface area (Å²) in [5, 5.41) is 11.6. The van der Waals surface area contributed by atoms with Crippen molar-refractivity contribution in [3.63, 3.8) is 0 Å². The molecule has 0 aliphatic rings. The van der Waals surface area contributed by atoms with Crippen LogP contribution in [0, 0.1) is 10.1 Å². The molecule has 0 radical (unpaired) electrons. The first-order chi connectivity index (χ1) is 10.8. The Balaban J connectivity index is 2.78. The Labute approximate surface area is 172 Å². The van der Waals surface area contributed by atoms with Crippen LogP contribution in [-0.4, -0.2) is 10.7 Å². The Bertz CT molecular complexity index is 768. The van der Waals surface area contributed by atoms with E-state index in [2.05, 4.69) is 70.6 Å². The monoisotopic (exact) mass is 585 g/mol. The number of nitro groups is 1. The predicted molar refractivity (Wildman–Crippen MR) is 110 cm³/mol. The summed E-state index contributed by atoms with van der Waals surface area (Å²) in [5.74, 6) is 0.941. The van der Waals surface area contributed by atoms with Crippen LogP contribution in [0.25, 0.3) is 11.1 Å². The summed E-state index contributed by atoms with van der Waals surface area (Å²) in [7, 11) is 0. The van der Waals surface area contributed by atoms with Crippen molar-refractivity contribution >= 4 is 81.2 Å². The maximum atomic E-state index is 11.6. The fraction of sp³-hybridized carbons (Fsp3) is 0.200. The van der Waals surface area contributed by atoms with Gasteiger partial charge in [-0.1, -0.05) is 38.8 Å². The third-order valence-electron chi connectivity index (χ3n) is 2.96. The van der Waals surface area contributed by atoms with Gasteiger partial charge in [0.25, 0.3) is 5.69 Å². The molecule has 3 nitrogen and oxygen atoms in total. The lowest BCUT2D eigenvalue weighted by atomic mass is 10.0. The van der Waals surface area contributed by atoms with Crippen molar-refractivity contribution in [1.29, 1.82) is 0 Å². The van der Waals surface area contributed by atoms with Gasteiger partial charge in [-0.05, 0) is 68.3 Å². The molecule has 0 saturated carbocycles. The summed E-state index contributed by atoms with van der Waals surface area (Å²) in [6.07, 6.45) is 1.02. The molecule has 23 heavy (non-hydrogen) atoms. The van der Waals surface area contributed by atoms with E-state index < -0.39 is 0 Å². The number of nitro benzene ring substituents is 1. The van der Waals surface area contributed by atoms with E-state index in [1.165, 1.54) is 0 Å². The average Bonchev–Trinajstić information content (AvgIpc) is 2.44. The van der Waals surface area contributed by atoms with Gasteiger partial charge in [0.1, 0.15) is 0 Å². The van der Waals surface area contributed by atoms with Gasteiger partial charge in [-0.2, -0.15) is 0 Å². The van der Waals surface area contributed by atoms with Crippen molar-refractivity contribution in [2.24, 2.45) is 0 Å². The Kier molecular flexibility index (Phi) is 7.16. The zero-order chi connectivity index (χ0) is 17.1. The van der Waals surface area contributed by atoms with Crippen LogP contribution in [0.4, 0.5) is 5.69 Å². The third-order valence-corrected chi connectivity index (χ3v) is 6.71. The fourth-order valence-corrected chi connectivity index (χ4v) is 5.94. The molecule has 0 spiro atoms. The summed E-state index contributed by atoms with van der Waals surface area (Å²) in [5.41, 5.74) is 1.48. The third kappa shape index (κ3) is 4.60. The van der Waals surface area contributed by atoms with Gasteiger partial charge < -0.3 is 0 Å². The molecule has 2 aromatic rings. The molecule has 0 aliphatic heterocycles. The molecule has 0 unspecified atom stereocenters. The highest BCUT2D eigenvalue weighted by Gasteiger charge is 2.24. The first-order valence-corrected chi connectivity index (χ1v) is 10.8. The van der Waals surface area contributed by atoms with E-state index in [-0.39, 0.29) is 10.6 Å². The van der Waals surface area contributed by atoms with Gasteiger partial charge in [0, 0.05) is 23.9 Å². The molecule has 0 aromatic heterocycles. The first kappa shape index (κ1) is 19.4. The molecule has 0 heterocycles. The molecule has 0 amide bonds. The quantitative estimate of drug-likeness (QED) is 0.203. The van der Waals surface area contributed by atoms with E-state index in [9.17, 15) is 10.1 Å². The van der Waals surface area contributed by atoms with Gasteiger partial charge >= 0.3 is 0 Å². The van der Waals surface area contributed by atoms with E-state index in [1.807, 2.05) is 12.1 Å². The van der Waals surface area contributed by atoms with Crippen LogP contribution >= 0.6 is 75.5 Å². The van der Waals surface area contributed by atoms with Gasteiger partial charge in [0.05, 0.1) is 15.0 Å². The standard InChI is InChI=1S/C15H11Br4NO2S/c1-2-3-23-15-11(5-9(17)7-13(15)19)10-4-8(16)6-12(18)14(10)20(21)22/h4-7H,2-3H2,1H3. The van der Waals surface area contributed by atoms with Gasteiger partial charge in [0.15, 0.2) is 0 Å². The van der Waals surface area contributed by atoms with E-state index in [0.29, 0.717) is 10.0 Å². The summed E-state index contributed by atoms with van der Waals surface area (Å²) in [6.45, 7) is 2.11. The van der Waals surface area contributed by atoms with Crippen LogP contribution < -0.4 is 0 Å². The van der Waals surface area contributed by atoms with Gasteiger partial charge in [-0.3, -0.25) is 10.1 Å². The van der Waals surface area contributed by atoms with Crippen LogP contribution in [0.2, 0.25) is 0 Å². The van der Waals surface area contributed by atoms with Crippen molar-refractivity contribution in [3.8, 4) is 11.1 Å². The highest BCUT2D eigenvalue weighted by atomic mass is 79.9. The normalized spacial score (nSPS) is 10.8. The SMILES string of the molecule is CCCSc1c(Br)cc(Br)cc1-c1cc(Br)cc(Br)c1[N+](=O)[O-]. The highest BCUT2D eigenvalue weighted by molar-refractivity contribution is 9.11. The molecule has 122 valence electrons. The maximum Gasteiger partial charge on any atom is 0.291 e. The Morgan fingerprint density at radius 2 is 1.57 bits per heavy atom. The lowest BCUT2D eigenvalue weighted by molar-refractivity contribution is -0.385. The summed E-state index contributed by atoms with van der Waals surface area (Å²) in [6, 6.07) is 7.35. The minimum absolute atomic E-state index is 0.0662. The smallest absolute Gasteiger partial charge is 0.258 e. The molecule has 0 fully saturated rings. The Morgan fingerprint density at radius 1 is 1.00 bits per heavy atom. The minimum atomic E-state index is -0.352. The molecule has 2 rings (SSSR count). The van der Waals surface area contributed by atoms with Crippen LogP contribution in [-0.2, 0) is 0 Å². The number of hydrogen-bond donors (Lipinski definition) is 0. The Hall–Kier alpha value is 0.110. The van der Waals surface area contributed by atoms with Gasteiger partial charge in [-0.25, -0.2) is 0 Å². The van der Waals surface area contributed by atoms with Crippen molar-refractivity contribution in [2.75, 3.05) is 5.75 Å². The second-order valence-corrected chi connectivity index (χ2v) is 9.30. The molecule has 0 bridgehead atoms. The van der Waals surface area contributed by atoms with E-state index in [4.69, 9.17) is 0 Å². The maximum absolute atomic E-state index is 11.6. The van der Waals surface area contributed by atoms with Crippen molar-refractivity contribution in [3.05, 3.63) is 52.3 Å². The number of hydrogen-bond acceptors (Lipinski definition) is 3. The molecular formula is C15H11Br4NO2S. The van der Waals surface area contributed by atoms with E-state index in [0.717, 1.165) is 36.1 Å². The lowest BCUT2D eigenvalue weighted by Gasteiger charge is -2.14. The second kappa shape index (κ2) is 8.47. The molecule has 8 heteroatoms. The van der Waals surface area contributed by atoms with Crippen molar-refractivity contribution in [2.45, 2.75) is 18.2 Å². The number of nitrogens with zero attached hydrogens (tertiary/aromatic N) is 1. The van der Waals surface area contributed by atoms with Gasteiger partial charge in [-0.15, -0.1) is 11.8 Å². The van der Waals surface area contributed by atoms with Crippen LogP contribution in [0.15, 0.2) is 47.1 Å². The van der Waals surface area contributed by atoms with Crippen molar-refractivity contribution in [1.82, 2.24) is 0 Å². The number of halogens is 4. The van der Waals surface area contributed by atoms with Crippen LogP contribution in [0.1, 0.15) is 13.3 Å². The fourth-order valence-electron chi connectivity index (χ4n) is 2.07. The highest BCUT2D eigenvalue weighted by Crippen LogP contribution is 2.45. The summed E-state index contributed by atoms with van der Waals surface area (Å²) < 4.78 is 3.03. The van der Waals surface area contributed by atoms with Crippen LogP contribution in [0.3, 0.4) is 0 Å². The molecule has 0 saturated heterocycles. The lowest BCUT2D eigenvalue weighted by Crippen LogP contribution is -1.96. The number of benzene rings is 2. The molecule has 2 aromatic carbocycles. The first-order valence-electron chi connectivity index (χ1n) is 6.60. The van der Waals surface area contributed by atoms with Gasteiger partial charge in [0.2, 0.25) is 0 Å². The van der Waals surface area contributed by atoms with E-state index >= 15 is 0 Å². The summed E-state index contributed by atoms with van der Waals surface area (Å²) in [4.78, 5) is 12.2. The molecule has 0 atom stereocenters. The minimum Gasteiger partial charge on any atom is -0.258 e. The van der Waals surface area contributed by atoms with E-state index in [1.54, 1.807) is 23.9 Å². The average molecular weight is 589 g/mol. The molecule has 0 N–H and O–H groups in total. The number of rotatable bonds is 5. The molecule has 0 aliphatic carbocycles. The van der Waals surface area contributed by atoms with Crippen LogP contribution in [0.5, 0.6) is 0 Å². The predicted octanol–water partition coefficient (Wildman–Crippen LogP) is 7.81. The van der Waals surface area contributed by atoms with Crippen molar-refractivity contribution < 1.29 is 4.92 Å². The second-order valence-electron chi connectivity index (χ2n) is 4.65. The zero-order valence-electron chi connectivity index (χ0n) is 11.9. The Morgan fingerprint density at radius 3 is 2.13 bits per heavy atom. The number of thioether (sulfide) groups is 1. The zero-order valence-corrected chi connectivity index (χ0v) is 19.1. The topological polar surface area (TPSA) is 43.1 Å². The largest absolute Gasteiger partial charge is 0.291 e. The molecular weight excluding hydrogens is 578 g/mol.